The van der Waals surface area contributed by atoms with Crippen molar-refractivity contribution in [1.29, 1.82) is 0 Å². The Labute approximate surface area is 161 Å². The number of rotatable bonds is 3. The van der Waals surface area contributed by atoms with Crippen LogP contribution in [0.4, 0.5) is 26.3 Å². The molecule has 1 heterocycles. The van der Waals surface area contributed by atoms with E-state index in [-0.39, 0.29) is 11.1 Å². The van der Waals surface area contributed by atoms with Gasteiger partial charge in [0.2, 0.25) is 5.69 Å². The number of benzene rings is 1. The number of hydrogen-bond donors (Lipinski definition) is 0. The molecule has 0 saturated carbocycles. The second kappa shape index (κ2) is 6.78. The molecule has 0 aliphatic rings. The molecule has 0 amide bonds. The number of halogens is 6. The van der Waals surface area contributed by atoms with Crippen LogP contribution in [0.2, 0.25) is 0 Å². The van der Waals surface area contributed by atoms with E-state index < -0.39 is 23.2 Å². The van der Waals surface area contributed by atoms with Gasteiger partial charge in [-0.2, -0.15) is 26.3 Å². The zero-order valence-electron chi connectivity index (χ0n) is 16.7. The summed E-state index contributed by atoms with van der Waals surface area (Å²) < 4.78 is 81.3. The molecule has 0 saturated heterocycles. The summed E-state index contributed by atoms with van der Waals surface area (Å²) in [5, 5.41) is 0. The van der Waals surface area contributed by atoms with E-state index in [0.29, 0.717) is 16.8 Å². The first-order chi connectivity index (χ1) is 12.5. The normalized spacial score (nSPS) is 13.7. The molecule has 0 atom stereocenters. The van der Waals surface area contributed by atoms with E-state index in [1.54, 1.807) is 30.7 Å². The van der Waals surface area contributed by atoms with Crippen LogP contribution in [0.15, 0.2) is 36.5 Å². The number of hydrogen-bond acceptors (Lipinski definition) is 0. The Morgan fingerprint density at radius 3 is 1.61 bits per heavy atom. The number of alkyl halides is 6. The molecule has 0 N–H and O–H groups in total. The first kappa shape index (κ1) is 22.2. The van der Waals surface area contributed by atoms with E-state index in [4.69, 9.17) is 0 Å². The zero-order valence-corrected chi connectivity index (χ0v) is 16.7. The molecule has 154 valence electrons. The van der Waals surface area contributed by atoms with Crippen molar-refractivity contribution in [2.24, 2.45) is 7.05 Å². The molecule has 0 aliphatic carbocycles. The molecule has 0 spiro atoms. The summed E-state index contributed by atoms with van der Waals surface area (Å²) in [6.45, 7) is 6.16. The molecule has 0 fully saturated rings. The Bertz CT molecular complexity index is 802. The predicted octanol–water partition coefficient (Wildman–Crippen LogP) is 6.17. The minimum atomic E-state index is -4.40. The van der Waals surface area contributed by atoms with Crippen LogP contribution in [0.1, 0.15) is 44.4 Å². The third-order valence-corrected chi connectivity index (χ3v) is 5.50. The van der Waals surface area contributed by atoms with Crippen molar-refractivity contribution in [2.45, 2.75) is 57.8 Å². The molecule has 28 heavy (non-hydrogen) atoms. The minimum absolute atomic E-state index is 0.110. The van der Waals surface area contributed by atoms with Crippen molar-refractivity contribution in [3.63, 3.8) is 0 Å². The Hall–Kier alpha value is -2.05. The van der Waals surface area contributed by atoms with Crippen molar-refractivity contribution in [3.8, 4) is 11.3 Å². The molecular formula is C21H24F6N+. The Balaban J connectivity index is 2.50. The van der Waals surface area contributed by atoms with E-state index in [1.165, 1.54) is 24.4 Å². The average molecular weight is 404 g/mol. The van der Waals surface area contributed by atoms with Crippen LogP contribution >= 0.6 is 0 Å². The summed E-state index contributed by atoms with van der Waals surface area (Å²) in [5.74, 6) is 0. The summed E-state index contributed by atoms with van der Waals surface area (Å²) in [6, 6.07) is 7.47. The highest BCUT2D eigenvalue weighted by molar-refractivity contribution is 5.62. The van der Waals surface area contributed by atoms with E-state index in [2.05, 4.69) is 0 Å². The van der Waals surface area contributed by atoms with Gasteiger partial charge in [0.1, 0.15) is 7.05 Å². The van der Waals surface area contributed by atoms with Gasteiger partial charge in [0, 0.05) is 17.2 Å². The fraction of sp³-hybridized carbons (Fsp3) is 0.476. The first-order valence-electron chi connectivity index (χ1n) is 8.75. The second-order valence-corrected chi connectivity index (χ2v) is 8.19. The van der Waals surface area contributed by atoms with Crippen molar-refractivity contribution in [3.05, 3.63) is 53.2 Å². The van der Waals surface area contributed by atoms with Crippen molar-refractivity contribution < 1.29 is 30.9 Å². The van der Waals surface area contributed by atoms with Gasteiger partial charge in [-0.05, 0) is 57.9 Å². The van der Waals surface area contributed by atoms with Gasteiger partial charge in [-0.3, -0.25) is 0 Å². The monoisotopic (exact) mass is 404 g/mol. The van der Waals surface area contributed by atoms with Gasteiger partial charge in [-0.25, -0.2) is 4.57 Å². The van der Waals surface area contributed by atoms with Gasteiger partial charge in [0.05, 0.1) is 10.8 Å². The van der Waals surface area contributed by atoms with Gasteiger partial charge in [0.15, 0.2) is 6.20 Å². The second-order valence-electron chi connectivity index (χ2n) is 8.19. The molecule has 2 rings (SSSR count). The predicted molar refractivity (Wildman–Crippen MR) is 96.0 cm³/mol. The number of aromatic nitrogens is 1. The van der Waals surface area contributed by atoms with E-state index in [0.717, 1.165) is 27.7 Å². The Morgan fingerprint density at radius 2 is 1.18 bits per heavy atom. The maximum atomic E-state index is 13.3. The van der Waals surface area contributed by atoms with Gasteiger partial charge in [-0.15, -0.1) is 0 Å². The summed E-state index contributed by atoms with van der Waals surface area (Å²) in [6.07, 6.45) is -7.38. The summed E-state index contributed by atoms with van der Waals surface area (Å²) in [5.41, 5.74) is -1.86. The molecule has 0 aliphatic heterocycles. The number of pyridine rings is 1. The standard InChI is InChI=1S/C21H24F6N/c1-13-11-14(18(2,3)20(22,23)24)7-9-16(13)17-10-8-15(12-28(17)6)19(4,5)21(25,26)27/h7-12H,1-6H3/q+1. The molecule has 0 bridgehead atoms. The van der Waals surface area contributed by atoms with E-state index >= 15 is 0 Å². The fourth-order valence-electron chi connectivity index (χ4n) is 2.92. The largest absolute Gasteiger partial charge is 0.398 e. The Morgan fingerprint density at radius 1 is 0.714 bits per heavy atom. The maximum Gasteiger partial charge on any atom is 0.398 e. The summed E-state index contributed by atoms with van der Waals surface area (Å²) in [4.78, 5) is 0. The van der Waals surface area contributed by atoms with Gasteiger partial charge < -0.3 is 0 Å². The number of aryl methyl sites for hydroxylation is 2. The third kappa shape index (κ3) is 3.76. The highest BCUT2D eigenvalue weighted by Gasteiger charge is 2.50. The summed E-state index contributed by atoms with van der Waals surface area (Å²) in [7, 11) is 1.62. The van der Waals surface area contributed by atoms with Gasteiger partial charge >= 0.3 is 12.4 Å². The van der Waals surface area contributed by atoms with Crippen molar-refractivity contribution >= 4 is 0 Å². The van der Waals surface area contributed by atoms with Crippen LogP contribution in [-0.4, -0.2) is 12.4 Å². The van der Waals surface area contributed by atoms with Crippen LogP contribution in [0.5, 0.6) is 0 Å². The smallest absolute Gasteiger partial charge is 0.201 e. The molecule has 0 radical (unpaired) electrons. The highest BCUT2D eigenvalue weighted by atomic mass is 19.4. The lowest BCUT2D eigenvalue weighted by Crippen LogP contribution is -2.40. The van der Waals surface area contributed by atoms with E-state index in [1.807, 2.05) is 0 Å². The summed E-state index contributed by atoms with van der Waals surface area (Å²) >= 11 is 0. The minimum Gasteiger partial charge on any atom is -0.201 e. The maximum absolute atomic E-state index is 13.3. The first-order valence-corrected chi connectivity index (χ1v) is 8.75. The molecule has 7 heteroatoms. The van der Waals surface area contributed by atoms with Crippen LogP contribution < -0.4 is 4.57 Å². The molecule has 2 aromatic rings. The molecule has 0 unspecified atom stereocenters. The fourth-order valence-corrected chi connectivity index (χ4v) is 2.92. The third-order valence-electron chi connectivity index (χ3n) is 5.50. The Kier molecular flexibility index (Phi) is 5.38. The molecule has 1 aromatic heterocycles. The zero-order chi connectivity index (χ0) is 21.7. The van der Waals surface area contributed by atoms with Crippen molar-refractivity contribution in [2.75, 3.05) is 0 Å². The highest BCUT2D eigenvalue weighted by Crippen LogP contribution is 2.42. The van der Waals surface area contributed by atoms with Crippen LogP contribution in [0.3, 0.4) is 0 Å². The lowest BCUT2D eigenvalue weighted by atomic mass is 9.82. The van der Waals surface area contributed by atoms with Crippen LogP contribution in [-0.2, 0) is 17.9 Å². The van der Waals surface area contributed by atoms with Gasteiger partial charge in [0.25, 0.3) is 0 Å². The van der Waals surface area contributed by atoms with Gasteiger partial charge in [-0.1, -0.05) is 12.1 Å². The number of nitrogens with zero attached hydrogens (tertiary/aromatic N) is 1. The SMILES string of the molecule is Cc1cc(C(C)(C)C(F)(F)F)ccc1-c1ccc(C(C)(C)C(F)(F)F)c[n+]1C. The molecule has 1 aromatic carbocycles. The quantitative estimate of drug-likeness (QED) is 0.426. The average Bonchev–Trinajstić information content (AvgIpc) is 2.53. The molecule has 1 nitrogen and oxygen atoms in total. The van der Waals surface area contributed by atoms with Crippen LogP contribution in [0.25, 0.3) is 11.3 Å². The van der Waals surface area contributed by atoms with Crippen LogP contribution in [0, 0.1) is 6.92 Å². The lowest BCUT2D eigenvalue weighted by Gasteiger charge is -2.29. The van der Waals surface area contributed by atoms with E-state index in [9.17, 15) is 26.3 Å². The lowest BCUT2D eigenvalue weighted by molar-refractivity contribution is -0.661. The molecular weight excluding hydrogens is 380 g/mol. The topological polar surface area (TPSA) is 3.88 Å². The van der Waals surface area contributed by atoms with Crippen molar-refractivity contribution in [1.82, 2.24) is 0 Å².